The summed E-state index contributed by atoms with van der Waals surface area (Å²) in [5.74, 6) is 1.15. The number of methoxy groups -OCH3 is 3. The van der Waals surface area contributed by atoms with Crippen molar-refractivity contribution < 1.29 is 28.5 Å². The second kappa shape index (κ2) is 10.5. The normalized spacial score (nSPS) is 19.1. The highest BCUT2D eigenvalue weighted by molar-refractivity contribution is 7.80. The second-order valence-electron chi connectivity index (χ2n) is 7.40. The average molecular weight is 452 g/mol. The Bertz CT molecular complexity index is 812. The molecule has 0 aromatic heterocycles. The summed E-state index contributed by atoms with van der Waals surface area (Å²) in [5, 5.41) is 3.98. The van der Waals surface area contributed by atoms with Crippen LogP contribution in [0.3, 0.4) is 0 Å². The smallest absolute Gasteiger partial charge is 0.410 e. The molecule has 1 N–H and O–H groups in total. The topological polar surface area (TPSA) is 89.6 Å². The first-order chi connectivity index (χ1) is 15.0. The van der Waals surface area contributed by atoms with Crippen LogP contribution < -0.4 is 14.8 Å². The van der Waals surface area contributed by atoms with Gasteiger partial charge in [-0.05, 0) is 55.2 Å². The molecular formula is C21H29N3O6S. The van der Waals surface area contributed by atoms with Crippen molar-refractivity contribution >= 4 is 29.4 Å². The molecule has 31 heavy (non-hydrogen) atoms. The maximum absolute atomic E-state index is 12.1. The summed E-state index contributed by atoms with van der Waals surface area (Å²) < 4.78 is 20.6. The summed E-state index contributed by atoms with van der Waals surface area (Å²) >= 11 is 5.56. The number of hydrogen-bond acceptors (Lipinski definition) is 7. The summed E-state index contributed by atoms with van der Waals surface area (Å²) in [4.78, 5) is 27.7. The number of benzene rings is 1. The Morgan fingerprint density at radius 2 is 1.97 bits per heavy atom. The van der Waals surface area contributed by atoms with Crippen LogP contribution >= 0.6 is 12.2 Å². The van der Waals surface area contributed by atoms with E-state index in [1.807, 2.05) is 18.2 Å². The molecule has 3 rings (SSSR count). The van der Waals surface area contributed by atoms with Crippen LogP contribution in [0.1, 0.15) is 18.4 Å². The van der Waals surface area contributed by atoms with Gasteiger partial charge in [-0.2, -0.15) is 0 Å². The molecule has 1 unspecified atom stereocenters. The van der Waals surface area contributed by atoms with E-state index in [4.69, 9.17) is 31.2 Å². The van der Waals surface area contributed by atoms with Crippen molar-refractivity contribution in [2.75, 3.05) is 47.6 Å². The molecule has 2 heterocycles. The van der Waals surface area contributed by atoms with Gasteiger partial charge in [0.1, 0.15) is 18.1 Å². The molecule has 1 amide bonds. The molecule has 1 aromatic carbocycles. The number of carbonyl (C=O) groups excluding carboxylic acids is 2. The van der Waals surface area contributed by atoms with E-state index in [0.29, 0.717) is 37.6 Å². The average Bonchev–Trinajstić information content (AvgIpc) is 3.19. The number of nitrogens with zero attached hydrogens (tertiary/aromatic N) is 2. The summed E-state index contributed by atoms with van der Waals surface area (Å²) in [6, 6.07) is 4.98. The molecule has 0 aliphatic carbocycles. The molecular weight excluding hydrogens is 422 g/mol. The zero-order chi connectivity index (χ0) is 22.4. The van der Waals surface area contributed by atoms with E-state index in [1.54, 1.807) is 14.2 Å². The third-order valence-corrected chi connectivity index (χ3v) is 6.09. The number of piperidine rings is 1. The van der Waals surface area contributed by atoms with Gasteiger partial charge in [-0.3, -0.25) is 4.90 Å². The van der Waals surface area contributed by atoms with Gasteiger partial charge in [0.2, 0.25) is 0 Å². The minimum atomic E-state index is -0.669. The predicted molar refractivity (Wildman–Crippen MR) is 117 cm³/mol. The fourth-order valence-electron chi connectivity index (χ4n) is 3.99. The third-order valence-electron chi connectivity index (χ3n) is 5.69. The quantitative estimate of drug-likeness (QED) is 0.490. The zero-order valence-electron chi connectivity index (χ0n) is 18.1. The first kappa shape index (κ1) is 22.9. The van der Waals surface area contributed by atoms with Crippen molar-refractivity contribution in [3.8, 4) is 11.5 Å². The number of carbonyl (C=O) groups is 2. The van der Waals surface area contributed by atoms with E-state index in [-0.39, 0.29) is 12.6 Å². The van der Waals surface area contributed by atoms with E-state index in [1.165, 1.54) is 12.0 Å². The van der Waals surface area contributed by atoms with Crippen LogP contribution in [0.4, 0.5) is 4.79 Å². The molecule has 0 bridgehead atoms. The van der Waals surface area contributed by atoms with E-state index >= 15 is 0 Å². The maximum Gasteiger partial charge on any atom is 0.410 e. The SMILES string of the molecule is COC(=O)C1COC(=O)N1C1CCN(C(=S)NCCc2cc(OC)ccc2OC)CC1. The lowest BCUT2D eigenvalue weighted by atomic mass is 10.0. The lowest BCUT2D eigenvalue weighted by molar-refractivity contribution is -0.145. The Hall–Kier alpha value is -2.75. The van der Waals surface area contributed by atoms with Crippen molar-refractivity contribution in [2.24, 2.45) is 0 Å². The monoisotopic (exact) mass is 451 g/mol. The van der Waals surface area contributed by atoms with Gasteiger partial charge in [-0.15, -0.1) is 0 Å². The fraction of sp³-hybridized carbons (Fsp3) is 0.571. The van der Waals surface area contributed by atoms with Gasteiger partial charge < -0.3 is 29.2 Å². The minimum Gasteiger partial charge on any atom is -0.497 e. The number of cyclic esters (lactones) is 1. The van der Waals surface area contributed by atoms with Gasteiger partial charge in [-0.1, -0.05) is 0 Å². The Balaban J connectivity index is 1.48. The molecule has 0 saturated carbocycles. The summed E-state index contributed by atoms with van der Waals surface area (Å²) in [7, 11) is 4.60. The van der Waals surface area contributed by atoms with Gasteiger partial charge in [0.05, 0.1) is 21.3 Å². The highest BCUT2D eigenvalue weighted by atomic mass is 32.1. The largest absolute Gasteiger partial charge is 0.497 e. The van der Waals surface area contributed by atoms with Crippen molar-refractivity contribution in [3.63, 3.8) is 0 Å². The van der Waals surface area contributed by atoms with Crippen molar-refractivity contribution in [2.45, 2.75) is 31.3 Å². The second-order valence-corrected chi connectivity index (χ2v) is 7.79. The Kier molecular flexibility index (Phi) is 7.78. The fourth-order valence-corrected chi connectivity index (χ4v) is 4.28. The van der Waals surface area contributed by atoms with Crippen LogP contribution in [-0.4, -0.2) is 86.6 Å². The summed E-state index contributed by atoms with van der Waals surface area (Å²) in [5.41, 5.74) is 1.04. The molecule has 2 aliphatic heterocycles. The molecule has 2 saturated heterocycles. The van der Waals surface area contributed by atoms with E-state index in [9.17, 15) is 9.59 Å². The first-order valence-electron chi connectivity index (χ1n) is 10.2. The molecule has 1 atom stereocenters. The molecule has 170 valence electrons. The van der Waals surface area contributed by atoms with Crippen molar-refractivity contribution in [3.05, 3.63) is 23.8 Å². The van der Waals surface area contributed by atoms with E-state index in [0.717, 1.165) is 23.5 Å². The van der Waals surface area contributed by atoms with Crippen LogP contribution in [0.25, 0.3) is 0 Å². The lowest BCUT2D eigenvalue weighted by Gasteiger charge is -2.38. The number of likely N-dealkylation sites (tertiary alicyclic amines) is 1. The molecule has 9 nitrogen and oxygen atoms in total. The van der Waals surface area contributed by atoms with E-state index in [2.05, 4.69) is 10.2 Å². The summed E-state index contributed by atoms with van der Waals surface area (Å²) in [6.07, 6.45) is 1.68. The standard InChI is InChI=1S/C21H29N3O6S/c1-27-16-4-5-18(28-2)14(12-16)6-9-22-20(31)23-10-7-15(8-11-23)24-17(19(25)29-3)13-30-21(24)26/h4-5,12,15,17H,6-11,13H2,1-3H3,(H,22,31). The van der Waals surface area contributed by atoms with Crippen LogP contribution in [-0.2, 0) is 20.7 Å². The van der Waals surface area contributed by atoms with Crippen LogP contribution in [0.2, 0.25) is 0 Å². The Labute approximate surface area is 187 Å². The Morgan fingerprint density at radius 1 is 1.23 bits per heavy atom. The molecule has 0 spiro atoms. The molecule has 10 heteroatoms. The van der Waals surface area contributed by atoms with Gasteiger partial charge in [-0.25, -0.2) is 9.59 Å². The van der Waals surface area contributed by atoms with Gasteiger partial charge >= 0.3 is 12.1 Å². The first-order valence-corrected chi connectivity index (χ1v) is 10.7. The number of amides is 1. The number of nitrogens with one attached hydrogen (secondary N) is 1. The van der Waals surface area contributed by atoms with Gasteiger partial charge in [0.15, 0.2) is 11.2 Å². The summed E-state index contributed by atoms with van der Waals surface area (Å²) in [6.45, 7) is 2.08. The highest BCUT2D eigenvalue weighted by Gasteiger charge is 2.43. The third kappa shape index (κ3) is 5.30. The molecule has 0 radical (unpaired) electrons. The lowest BCUT2D eigenvalue weighted by Crippen LogP contribution is -2.53. The zero-order valence-corrected chi connectivity index (χ0v) is 18.9. The van der Waals surface area contributed by atoms with Crippen LogP contribution in [0, 0.1) is 0 Å². The molecule has 2 fully saturated rings. The number of ether oxygens (including phenoxy) is 4. The van der Waals surface area contributed by atoms with Crippen LogP contribution in [0.15, 0.2) is 18.2 Å². The number of esters is 1. The minimum absolute atomic E-state index is 0.0411. The van der Waals surface area contributed by atoms with E-state index < -0.39 is 18.1 Å². The maximum atomic E-state index is 12.1. The van der Waals surface area contributed by atoms with Crippen LogP contribution in [0.5, 0.6) is 11.5 Å². The number of hydrogen-bond donors (Lipinski definition) is 1. The predicted octanol–water partition coefficient (Wildman–Crippen LogP) is 1.58. The van der Waals surface area contributed by atoms with Gasteiger partial charge in [0, 0.05) is 25.7 Å². The van der Waals surface area contributed by atoms with Crippen molar-refractivity contribution in [1.82, 2.24) is 15.1 Å². The van der Waals surface area contributed by atoms with Crippen molar-refractivity contribution in [1.29, 1.82) is 0 Å². The molecule has 1 aromatic rings. The number of rotatable bonds is 7. The molecule has 2 aliphatic rings. The van der Waals surface area contributed by atoms with Gasteiger partial charge in [0.25, 0.3) is 0 Å². The highest BCUT2D eigenvalue weighted by Crippen LogP contribution is 2.25. The number of thiocarbonyl (C=S) groups is 1. The Morgan fingerprint density at radius 3 is 2.61 bits per heavy atom.